The zero-order valence-corrected chi connectivity index (χ0v) is 11.0. The van der Waals surface area contributed by atoms with E-state index in [2.05, 4.69) is 20.6 Å². The van der Waals surface area contributed by atoms with Crippen LogP contribution in [0.15, 0.2) is 39.6 Å². The van der Waals surface area contributed by atoms with Crippen LogP contribution in [0.4, 0.5) is 0 Å². The Morgan fingerprint density at radius 2 is 1.88 bits per heavy atom. The Hall–Kier alpha value is -1.29. The molecule has 0 N–H and O–H groups in total. The van der Waals surface area contributed by atoms with Crippen LogP contribution in [0.25, 0.3) is 5.69 Å². The smallest absolute Gasteiger partial charge is 0.281 e. The summed E-state index contributed by atoms with van der Waals surface area (Å²) >= 11 is 3.43. The molecule has 0 aliphatic carbocycles. The molecule has 0 radical (unpaired) electrons. The monoisotopic (exact) mass is 292 g/mol. The molecule has 0 saturated heterocycles. The molecule has 1 aromatic heterocycles. The van der Waals surface area contributed by atoms with Gasteiger partial charge in [0.25, 0.3) is 5.56 Å². The van der Waals surface area contributed by atoms with Gasteiger partial charge in [-0.3, -0.25) is 9.48 Å². The maximum Gasteiger partial charge on any atom is 0.285 e. The van der Waals surface area contributed by atoms with Gasteiger partial charge in [-0.1, -0.05) is 18.2 Å². The Labute approximate surface area is 108 Å². The number of hydrogen-bond acceptors (Lipinski definition) is 1. The van der Waals surface area contributed by atoms with E-state index in [1.54, 1.807) is 4.68 Å². The normalized spacial score (nSPS) is 14.6. The van der Waals surface area contributed by atoms with E-state index in [-0.39, 0.29) is 5.56 Å². The van der Waals surface area contributed by atoms with E-state index in [0.717, 1.165) is 41.7 Å². The molecule has 1 aliphatic heterocycles. The second kappa shape index (κ2) is 4.18. The van der Waals surface area contributed by atoms with Crippen LogP contribution in [0.2, 0.25) is 0 Å². The Balaban J connectivity index is 2.27. The number of nitrogens with zero attached hydrogens (tertiary/aromatic N) is 2. The average Bonchev–Trinajstić information content (AvgIpc) is 2.64. The topological polar surface area (TPSA) is 26.9 Å². The number of halogens is 1. The second-order valence-corrected chi connectivity index (χ2v) is 5.09. The van der Waals surface area contributed by atoms with Crippen LogP contribution in [0.3, 0.4) is 0 Å². The highest BCUT2D eigenvalue weighted by Gasteiger charge is 2.21. The molecule has 1 aromatic carbocycles. The lowest BCUT2D eigenvalue weighted by molar-refractivity contribution is 0.447. The van der Waals surface area contributed by atoms with Crippen LogP contribution in [-0.2, 0) is 13.0 Å². The van der Waals surface area contributed by atoms with Crippen molar-refractivity contribution in [2.75, 3.05) is 0 Å². The molecule has 2 heterocycles. The van der Waals surface area contributed by atoms with Crippen molar-refractivity contribution in [3.8, 4) is 5.69 Å². The van der Waals surface area contributed by atoms with Crippen molar-refractivity contribution in [2.24, 2.45) is 0 Å². The molecule has 0 unspecified atom stereocenters. The van der Waals surface area contributed by atoms with Crippen molar-refractivity contribution >= 4 is 15.9 Å². The first-order chi connectivity index (χ1) is 8.29. The number of benzene rings is 1. The Bertz CT molecular complexity index is 598. The molecule has 0 bridgehead atoms. The summed E-state index contributed by atoms with van der Waals surface area (Å²) in [6.45, 7) is 0.922. The zero-order valence-electron chi connectivity index (χ0n) is 9.40. The van der Waals surface area contributed by atoms with Gasteiger partial charge >= 0.3 is 0 Å². The van der Waals surface area contributed by atoms with Crippen LogP contribution >= 0.6 is 15.9 Å². The van der Waals surface area contributed by atoms with E-state index in [9.17, 15) is 4.79 Å². The van der Waals surface area contributed by atoms with Crippen LogP contribution in [0.5, 0.6) is 0 Å². The Kier molecular flexibility index (Phi) is 2.67. The van der Waals surface area contributed by atoms with Gasteiger partial charge in [0.2, 0.25) is 0 Å². The number of fused-ring (bicyclic) bond motifs is 1. The quantitative estimate of drug-likeness (QED) is 0.794. The molecule has 4 heteroatoms. The second-order valence-electron chi connectivity index (χ2n) is 4.29. The number of rotatable bonds is 1. The van der Waals surface area contributed by atoms with Crippen molar-refractivity contribution in [2.45, 2.75) is 25.8 Å². The fourth-order valence-electron chi connectivity index (χ4n) is 2.41. The molecule has 0 atom stereocenters. The van der Waals surface area contributed by atoms with Gasteiger partial charge in [-0.15, -0.1) is 0 Å². The van der Waals surface area contributed by atoms with E-state index in [0.29, 0.717) is 0 Å². The molecule has 1 aliphatic rings. The highest BCUT2D eigenvalue weighted by atomic mass is 79.9. The van der Waals surface area contributed by atoms with Crippen LogP contribution < -0.4 is 5.56 Å². The first-order valence-electron chi connectivity index (χ1n) is 5.84. The Morgan fingerprint density at radius 3 is 2.65 bits per heavy atom. The molecule has 3 nitrogen and oxygen atoms in total. The minimum absolute atomic E-state index is 0.0492. The van der Waals surface area contributed by atoms with E-state index in [1.165, 1.54) is 0 Å². The third-order valence-electron chi connectivity index (χ3n) is 3.22. The zero-order chi connectivity index (χ0) is 11.8. The van der Waals surface area contributed by atoms with Gasteiger partial charge in [0, 0.05) is 6.54 Å². The maximum atomic E-state index is 12.3. The minimum Gasteiger partial charge on any atom is -0.281 e. The molecule has 0 fully saturated rings. The summed E-state index contributed by atoms with van der Waals surface area (Å²) in [6.07, 6.45) is 3.28. The van der Waals surface area contributed by atoms with Gasteiger partial charge in [0.05, 0.1) is 11.4 Å². The summed E-state index contributed by atoms with van der Waals surface area (Å²) in [5.74, 6) is 0. The van der Waals surface area contributed by atoms with Gasteiger partial charge in [0.15, 0.2) is 0 Å². The third-order valence-corrected chi connectivity index (χ3v) is 4.02. The van der Waals surface area contributed by atoms with E-state index in [1.807, 2.05) is 30.3 Å². The molecule has 88 valence electrons. The third kappa shape index (κ3) is 1.67. The summed E-state index contributed by atoms with van der Waals surface area (Å²) in [7, 11) is 0. The average molecular weight is 293 g/mol. The SMILES string of the molecule is O=c1c(Br)c2n(n1-c1ccccc1)CCCC2. The molecule has 0 amide bonds. The summed E-state index contributed by atoms with van der Waals surface area (Å²) in [5, 5.41) is 0. The molecular formula is C13H13BrN2O. The van der Waals surface area contributed by atoms with Crippen LogP contribution in [0, 0.1) is 0 Å². The molecule has 3 rings (SSSR count). The van der Waals surface area contributed by atoms with Crippen LogP contribution in [0.1, 0.15) is 18.5 Å². The van der Waals surface area contributed by atoms with Gasteiger partial charge < -0.3 is 0 Å². The first kappa shape index (κ1) is 10.8. The van der Waals surface area contributed by atoms with Gasteiger partial charge in [-0.25, -0.2) is 4.68 Å². The van der Waals surface area contributed by atoms with E-state index in [4.69, 9.17) is 0 Å². The van der Waals surface area contributed by atoms with Crippen molar-refractivity contribution in [1.29, 1.82) is 0 Å². The summed E-state index contributed by atoms with van der Waals surface area (Å²) in [5.41, 5.74) is 2.12. The number of hydrogen-bond donors (Lipinski definition) is 0. The van der Waals surface area contributed by atoms with Gasteiger partial charge in [-0.05, 0) is 47.3 Å². The number of para-hydroxylation sites is 1. The predicted octanol–water partition coefficient (Wildman–Crippen LogP) is 2.74. The highest BCUT2D eigenvalue weighted by molar-refractivity contribution is 9.10. The lowest BCUT2D eigenvalue weighted by Crippen LogP contribution is -2.23. The fraction of sp³-hybridized carbons (Fsp3) is 0.308. The fourth-order valence-corrected chi connectivity index (χ4v) is 2.98. The molecule has 0 saturated carbocycles. The summed E-state index contributed by atoms with van der Waals surface area (Å²) in [6, 6.07) is 9.81. The van der Waals surface area contributed by atoms with Crippen molar-refractivity contribution < 1.29 is 0 Å². The maximum absolute atomic E-state index is 12.3. The molecule has 0 spiro atoms. The largest absolute Gasteiger partial charge is 0.285 e. The first-order valence-corrected chi connectivity index (χ1v) is 6.64. The van der Waals surface area contributed by atoms with Crippen molar-refractivity contribution in [3.05, 3.63) is 50.9 Å². The molecular weight excluding hydrogens is 280 g/mol. The van der Waals surface area contributed by atoms with Crippen LogP contribution in [-0.4, -0.2) is 9.36 Å². The molecule has 2 aromatic rings. The number of aromatic nitrogens is 2. The van der Waals surface area contributed by atoms with E-state index < -0.39 is 0 Å². The van der Waals surface area contributed by atoms with Gasteiger partial charge in [-0.2, -0.15) is 0 Å². The van der Waals surface area contributed by atoms with E-state index >= 15 is 0 Å². The van der Waals surface area contributed by atoms with Crippen molar-refractivity contribution in [3.63, 3.8) is 0 Å². The lowest BCUT2D eigenvalue weighted by atomic mass is 10.1. The minimum atomic E-state index is 0.0492. The highest BCUT2D eigenvalue weighted by Crippen LogP contribution is 2.22. The van der Waals surface area contributed by atoms with Gasteiger partial charge in [0.1, 0.15) is 4.47 Å². The lowest BCUT2D eigenvalue weighted by Gasteiger charge is -2.18. The van der Waals surface area contributed by atoms with Crippen molar-refractivity contribution in [1.82, 2.24) is 9.36 Å². The predicted molar refractivity (Wildman–Crippen MR) is 70.7 cm³/mol. The summed E-state index contributed by atoms with van der Waals surface area (Å²) < 4.78 is 4.60. The Morgan fingerprint density at radius 1 is 1.12 bits per heavy atom. The standard InChI is InChI=1S/C13H13BrN2O/c14-12-11-8-4-5-9-15(11)16(13(12)17)10-6-2-1-3-7-10/h1-3,6-7H,4-5,8-9H2. The summed E-state index contributed by atoms with van der Waals surface area (Å²) in [4.78, 5) is 12.3. The molecule has 17 heavy (non-hydrogen) atoms.